The van der Waals surface area contributed by atoms with Crippen molar-refractivity contribution in [2.24, 2.45) is 0 Å². The van der Waals surface area contributed by atoms with Crippen molar-refractivity contribution in [1.82, 2.24) is 9.55 Å². The maximum absolute atomic E-state index is 13.3. The molecule has 2 aromatic heterocycles. The first kappa shape index (κ1) is 19.4. The zero-order valence-electron chi connectivity index (χ0n) is 15.7. The topological polar surface area (TPSA) is 53.4 Å². The van der Waals surface area contributed by atoms with Crippen molar-refractivity contribution in [3.8, 4) is 10.4 Å². The summed E-state index contributed by atoms with van der Waals surface area (Å²) >= 11 is 3.14. The van der Waals surface area contributed by atoms with Crippen LogP contribution < -0.4 is 5.56 Å². The van der Waals surface area contributed by atoms with Gasteiger partial charge >= 0.3 is 0 Å². The van der Waals surface area contributed by atoms with Crippen molar-refractivity contribution in [2.75, 3.05) is 19.2 Å². The average Bonchev–Trinajstić information content (AvgIpc) is 3.07. The summed E-state index contributed by atoms with van der Waals surface area (Å²) in [6.45, 7) is 7.30. The Hall–Kier alpha value is -1.93. The predicted molar refractivity (Wildman–Crippen MR) is 115 cm³/mol. The Balaban J connectivity index is 1.75. The van der Waals surface area contributed by atoms with E-state index in [0.29, 0.717) is 30.5 Å². The molecule has 0 radical (unpaired) electrons. The number of benzene rings is 1. The largest absolute Gasteiger partial charge is 0.355 e. The number of aryl methyl sites for hydroxylation is 1. The standard InChI is InChI=1S/C21H22N2O3S2/c1-3-10-23-20(24)17-14(2)18(15-7-5-4-6-8-15)28-19(17)22-21(23)27-12-16-9-11-25-13-26-16/h3-8,16H,1,9-13H2,2H3/t16-/m1/s1. The van der Waals surface area contributed by atoms with E-state index in [-0.39, 0.29) is 11.7 Å². The van der Waals surface area contributed by atoms with Gasteiger partial charge in [0.15, 0.2) is 5.16 Å². The molecule has 3 heterocycles. The molecule has 0 saturated carbocycles. The lowest BCUT2D eigenvalue weighted by Gasteiger charge is -2.22. The Bertz CT molecular complexity index is 1040. The predicted octanol–water partition coefficient (Wildman–Crippen LogP) is 4.47. The summed E-state index contributed by atoms with van der Waals surface area (Å²) in [5.74, 6) is 0.744. The Morgan fingerprint density at radius 2 is 2.21 bits per heavy atom. The van der Waals surface area contributed by atoms with Gasteiger partial charge in [0.25, 0.3) is 5.56 Å². The summed E-state index contributed by atoms with van der Waals surface area (Å²) in [7, 11) is 0. The van der Waals surface area contributed by atoms with E-state index in [9.17, 15) is 4.79 Å². The van der Waals surface area contributed by atoms with Gasteiger partial charge < -0.3 is 9.47 Å². The Labute approximate surface area is 172 Å². The molecule has 1 atom stereocenters. The third kappa shape index (κ3) is 3.80. The van der Waals surface area contributed by atoms with Crippen LogP contribution in [0, 0.1) is 6.92 Å². The van der Waals surface area contributed by atoms with E-state index in [1.165, 1.54) is 0 Å². The highest BCUT2D eigenvalue weighted by atomic mass is 32.2. The summed E-state index contributed by atoms with van der Waals surface area (Å²) in [6, 6.07) is 10.2. The number of aromatic nitrogens is 2. The summed E-state index contributed by atoms with van der Waals surface area (Å²) in [4.78, 5) is 20.0. The molecule has 1 aliphatic heterocycles. The van der Waals surface area contributed by atoms with Crippen LogP contribution in [0.1, 0.15) is 12.0 Å². The normalized spacial score (nSPS) is 17.1. The molecule has 0 aliphatic carbocycles. The number of hydrogen-bond donors (Lipinski definition) is 0. The molecule has 0 amide bonds. The van der Waals surface area contributed by atoms with Gasteiger partial charge in [-0.1, -0.05) is 48.2 Å². The van der Waals surface area contributed by atoms with Crippen LogP contribution in [0.3, 0.4) is 0 Å². The molecule has 7 heteroatoms. The zero-order chi connectivity index (χ0) is 19.5. The zero-order valence-corrected chi connectivity index (χ0v) is 17.4. The lowest BCUT2D eigenvalue weighted by molar-refractivity contribution is -0.130. The van der Waals surface area contributed by atoms with E-state index in [2.05, 4.69) is 18.7 Å². The van der Waals surface area contributed by atoms with Gasteiger partial charge in [-0.15, -0.1) is 17.9 Å². The van der Waals surface area contributed by atoms with E-state index >= 15 is 0 Å². The van der Waals surface area contributed by atoms with Crippen LogP contribution in [0.25, 0.3) is 20.7 Å². The fraction of sp³-hybridized carbons (Fsp3) is 0.333. The van der Waals surface area contributed by atoms with Gasteiger partial charge in [0.05, 0.1) is 18.1 Å². The van der Waals surface area contributed by atoms with Gasteiger partial charge in [-0.05, 0) is 24.5 Å². The van der Waals surface area contributed by atoms with Gasteiger partial charge in [-0.25, -0.2) is 4.98 Å². The molecule has 3 aromatic rings. The summed E-state index contributed by atoms with van der Waals surface area (Å²) in [5, 5.41) is 1.42. The minimum atomic E-state index is -0.00349. The number of thiophene rings is 1. The second-order valence-electron chi connectivity index (χ2n) is 6.62. The highest BCUT2D eigenvalue weighted by Crippen LogP contribution is 2.36. The average molecular weight is 415 g/mol. The van der Waals surface area contributed by atoms with Crippen LogP contribution in [-0.4, -0.2) is 34.8 Å². The van der Waals surface area contributed by atoms with E-state index in [4.69, 9.17) is 14.5 Å². The van der Waals surface area contributed by atoms with Gasteiger partial charge in [0.1, 0.15) is 11.6 Å². The summed E-state index contributed by atoms with van der Waals surface area (Å²) in [6.07, 6.45) is 2.72. The van der Waals surface area contributed by atoms with Crippen LogP contribution in [0.15, 0.2) is 52.9 Å². The SMILES string of the molecule is C=CCn1c(SC[C@H]2CCOCO2)nc2sc(-c3ccccc3)c(C)c2c1=O. The fourth-order valence-electron chi connectivity index (χ4n) is 3.26. The number of fused-ring (bicyclic) bond motifs is 1. The third-order valence-electron chi connectivity index (χ3n) is 4.73. The number of ether oxygens (including phenoxy) is 2. The first-order valence-corrected chi connectivity index (χ1v) is 11.0. The van der Waals surface area contributed by atoms with Gasteiger partial charge in [0, 0.05) is 17.2 Å². The van der Waals surface area contributed by atoms with Crippen LogP contribution in [-0.2, 0) is 16.0 Å². The van der Waals surface area contributed by atoms with Crippen LogP contribution in [0.2, 0.25) is 0 Å². The summed E-state index contributed by atoms with van der Waals surface area (Å²) < 4.78 is 12.6. The highest BCUT2D eigenvalue weighted by molar-refractivity contribution is 7.99. The van der Waals surface area contributed by atoms with E-state index in [1.807, 2.05) is 25.1 Å². The molecule has 0 N–H and O–H groups in total. The van der Waals surface area contributed by atoms with Crippen LogP contribution in [0.5, 0.6) is 0 Å². The molecule has 5 nitrogen and oxygen atoms in total. The van der Waals surface area contributed by atoms with E-state index in [0.717, 1.165) is 33.0 Å². The Morgan fingerprint density at radius 3 is 2.93 bits per heavy atom. The molecule has 1 aliphatic rings. The molecule has 0 bridgehead atoms. The Morgan fingerprint density at radius 1 is 1.39 bits per heavy atom. The molecule has 1 saturated heterocycles. The molecule has 0 unspecified atom stereocenters. The molecular weight excluding hydrogens is 392 g/mol. The van der Waals surface area contributed by atoms with Gasteiger partial charge in [-0.3, -0.25) is 9.36 Å². The van der Waals surface area contributed by atoms with Crippen LogP contribution in [0.4, 0.5) is 0 Å². The summed E-state index contributed by atoms with van der Waals surface area (Å²) in [5.41, 5.74) is 2.10. The number of hydrogen-bond acceptors (Lipinski definition) is 6. The molecular formula is C21H22N2O3S2. The van der Waals surface area contributed by atoms with E-state index < -0.39 is 0 Å². The maximum atomic E-state index is 13.3. The minimum Gasteiger partial charge on any atom is -0.355 e. The Kier molecular flexibility index (Phi) is 5.96. The number of rotatable bonds is 6. The molecule has 146 valence electrons. The van der Waals surface area contributed by atoms with Crippen molar-refractivity contribution < 1.29 is 9.47 Å². The molecule has 28 heavy (non-hydrogen) atoms. The highest BCUT2D eigenvalue weighted by Gasteiger charge is 2.20. The quantitative estimate of drug-likeness (QED) is 0.338. The number of allylic oxidation sites excluding steroid dienone is 1. The first-order chi connectivity index (χ1) is 13.7. The van der Waals surface area contributed by atoms with Gasteiger partial charge in [0.2, 0.25) is 0 Å². The lowest BCUT2D eigenvalue weighted by atomic mass is 10.1. The lowest BCUT2D eigenvalue weighted by Crippen LogP contribution is -2.27. The fourth-order valence-corrected chi connectivity index (χ4v) is 5.57. The second kappa shape index (κ2) is 8.61. The van der Waals surface area contributed by atoms with Crippen molar-refractivity contribution in [2.45, 2.75) is 31.1 Å². The molecule has 1 fully saturated rings. The van der Waals surface area contributed by atoms with Crippen molar-refractivity contribution >= 4 is 33.3 Å². The van der Waals surface area contributed by atoms with Crippen molar-refractivity contribution in [3.05, 3.63) is 58.9 Å². The minimum absolute atomic E-state index is 0.00349. The third-order valence-corrected chi connectivity index (χ3v) is 7.08. The first-order valence-electron chi connectivity index (χ1n) is 9.21. The van der Waals surface area contributed by atoms with Crippen molar-refractivity contribution in [3.63, 3.8) is 0 Å². The second-order valence-corrected chi connectivity index (χ2v) is 8.60. The monoisotopic (exact) mass is 414 g/mol. The van der Waals surface area contributed by atoms with E-state index in [1.54, 1.807) is 33.7 Å². The van der Waals surface area contributed by atoms with Gasteiger partial charge in [-0.2, -0.15) is 0 Å². The molecule has 1 aromatic carbocycles. The number of nitrogens with zero attached hydrogens (tertiary/aromatic N) is 2. The van der Waals surface area contributed by atoms with Crippen LogP contribution >= 0.6 is 23.1 Å². The van der Waals surface area contributed by atoms with Crippen molar-refractivity contribution in [1.29, 1.82) is 0 Å². The number of thioether (sulfide) groups is 1. The molecule has 4 rings (SSSR count). The molecule has 0 spiro atoms. The maximum Gasteiger partial charge on any atom is 0.263 e. The smallest absolute Gasteiger partial charge is 0.263 e.